The lowest BCUT2D eigenvalue weighted by Gasteiger charge is -2.27. The Labute approximate surface area is 126 Å². The van der Waals surface area contributed by atoms with E-state index in [2.05, 4.69) is 31.7 Å². The largest absolute Gasteiger partial charge is 0.344 e. The molecule has 0 aliphatic carbocycles. The van der Waals surface area contributed by atoms with Crippen LogP contribution in [0.5, 0.6) is 0 Å². The van der Waals surface area contributed by atoms with E-state index in [0.29, 0.717) is 5.95 Å². The van der Waals surface area contributed by atoms with Crippen LogP contribution < -0.4 is 9.80 Å². The number of rotatable bonds is 6. The van der Waals surface area contributed by atoms with E-state index in [1.165, 1.54) is 32.1 Å². The van der Waals surface area contributed by atoms with Gasteiger partial charge in [-0.3, -0.25) is 0 Å². The summed E-state index contributed by atoms with van der Waals surface area (Å²) in [6.45, 7) is 5.18. The molecule has 0 saturated carbocycles. The molecule has 6 heteroatoms. The van der Waals surface area contributed by atoms with Gasteiger partial charge >= 0.3 is 0 Å². The molecule has 0 atom stereocenters. The summed E-state index contributed by atoms with van der Waals surface area (Å²) in [4.78, 5) is 17.4. The second kappa shape index (κ2) is 7.62. The lowest BCUT2D eigenvalue weighted by molar-refractivity contribution is 0.567. The zero-order valence-electron chi connectivity index (χ0n) is 12.5. The van der Waals surface area contributed by atoms with Crippen molar-refractivity contribution in [2.45, 2.75) is 45.4 Å². The Hall–Kier alpha value is -1.10. The van der Waals surface area contributed by atoms with Crippen LogP contribution in [0.25, 0.3) is 0 Å². The summed E-state index contributed by atoms with van der Waals surface area (Å²) in [5.41, 5.74) is 0. The smallest absolute Gasteiger partial charge is 0.231 e. The van der Waals surface area contributed by atoms with Crippen LogP contribution in [-0.2, 0) is 0 Å². The maximum atomic E-state index is 6.06. The summed E-state index contributed by atoms with van der Waals surface area (Å²) in [5, 5.41) is 0.290. The van der Waals surface area contributed by atoms with Gasteiger partial charge in [0.1, 0.15) is 0 Å². The van der Waals surface area contributed by atoms with E-state index < -0.39 is 0 Å². The van der Waals surface area contributed by atoms with Gasteiger partial charge in [0, 0.05) is 26.7 Å². The van der Waals surface area contributed by atoms with E-state index in [-0.39, 0.29) is 5.28 Å². The first kappa shape index (κ1) is 15.3. The Kier molecular flexibility index (Phi) is 5.83. The summed E-state index contributed by atoms with van der Waals surface area (Å²) in [6.07, 6.45) is 7.28. The molecule has 0 radical (unpaired) electrons. The van der Waals surface area contributed by atoms with Crippen molar-refractivity contribution in [3.63, 3.8) is 0 Å². The van der Waals surface area contributed by atoms with E-state index in [9.17, 15) is 0 Å². The van der Waals surface area contributed by atoms with Crippen molar-refractivity contribution in [3.05, 3.63) is 5.28 Å². The second-order valence-electron chi connectivity index (χ2n) is 5.38. The summed E-state index contributed by atoms with van der Waals surface area (Å²) >= 11 is 6.06. The molecule has 5 nitrogen and oxygen atoms in total. The number of piperidine rings is 1. The highest BCUT2D eigenvalue weighted by Crippen LogP contribution is 2.19. The number of anilines is 2. The molecule has 0 spiro atoms. The summed E-state index contributed by atoms with van der Waals surface area (Å²) in [5.74, 6) is 1.41. The Morgan fingerprint density at radius 2 is 1.85 bits per heavy atom. The fourth-order valence-corrected chi connectivity index (χ4v) is 2.59. The van der Waals surface area contributed by atoms with Gasteiger partial charge in [-0.1, -0.05) is 19.8 Å². The van der Waals surface area contributed by atoms with Crippen molar-refractivity contribution >= 4 is 23.5 Å². The van der Waals surface area contributed by atoms with Crippen LogP contribution in [0.4, 0.5) is 11.9 Å². The predicted molar refractivity (Wildman–Crippen MR) is 83.7 cm³/mol. The lowest BCUT2D eigenvalue weighted by Crippen LogP contribution is -2.32. The molecule has 0 aromatic carbocycles. The maximum Gasteiger partial charge on any atom is 0.231 e. The molecule has 20 heavy (non-hydrogen) atoms. The molecule has 2 heterocycles. The molecule has 1 aromatic rings. The highest BCUT2D eigenvalue weighted by atomic mass is 35.5. The lowest BCUT2D eigenvalue weighted by atomic mass is 10.1. The fourth-order valence-electron chi connectivity index (χ4n) is 2.43. The van der Waals surface area contributed by atoms with Crippen LogP contribution in [0.3, 0.4) is 0 Å². The first-order valence-corrected chi connectivity index (χ1v) is 7.96. The van der Waals surface area contributed by atoms with Crippen LogP contribution in [0.15, 0.2) is 0 Å². The van der Waals surface area contributed by atoms with Crippen LogP contribution in [0.2, 0.25) is 5.28 Å². The van der Waals surface area contributed by atoms with Crippen molar-refractivity contribution < 1.29 is 0 Å². The van der Waals surface area contributed by atoms with Crippen molar-refractivity contribution in [1.29, 1.82) is 0 Å². The Morgan fingerprint density at radius 1 is 1.10 bits per heavy atom. The Bertz CT molecular complexity index is 420. The SMILES string of the molecule is CCCCCN(C)c1nc(Cl)nc(N2CCCCC2)n1. The molecule has 1 saturated heterocycles. The molecule has 1 fully saturated rings. The van der Waals surface area contributed by atoms with Crippen LogP contribution in [0.1, 0.15) is 45.4 Å². The summed E-state index contributed by atoms with van der Waals surface area (Å²) < 4.78 is 0. The van der Waals surface area contributed by atoms with E-state index in [0.717, 1.165) is 32.0 Å². The molecule has 0 unspecified atom stereocenters. The average Bonchev–Trinajstić information content (AvgIpc) is 2.47. The highest BCUT2D eigenvalue weighted by Gasteiger charge is 2.16. The summed E-state index contributed by atoms with van der Waals surface area (Å²) in [7, 11) is 2.02. The third-order valence-electron chi connectivity index (χ3n) is 3.66. The van der Waals surface area contributed by atoms with Gasteiger partial charge in [0.2, 0.25) is 17.2 Å². The number of unbranched alkanes of at least 4 members (excludes halogenated alkanes) is 2. The Balaban J connectivity index is 2.07. The predicted octanol–water partition coefficient (Wildman–Crippen LogP) is 3.14. The molecule has 0 amide bonds. The molecule has 2 rings (SSSR count). The number of hydrogen-bond acceptors (Lipinski definition) is 5. The molecular weight excluding hydrogens is 274 g/mol. The molecule has 1 aliphatic rings. The Morgan fingerprint density at radius 3 is 2.55 bits per heavy atom. The van der Waals surface area contributed by atoms with Crippen molar-refractivity contribution in [3.8, 4) is 0 Å². The number of hydrogen-bond donors (Lipinski definition) is 0. The number of halogens is 1. The van der Waals surface area contributed by atoms with Crippen LogP contribution >= 0.6 is 11.6 Å². The van der Waals surface area contributed by atoms with Gasteiger partial charge in [0.05, 0.1) is 0 Å². The van der Waals surface area contributed by atoms with E-state index in [4.69, 9.17) is 11.6 Å². The number of nitrogens with zero attached hydrogens (tertiary/aromatic N) is 5. The summed E-state index contributed by atoms with van der Waals surface area (Å²) in [6, 6.07) is 0. The fraction of sp³-hybridized carbons (Fsp3) is 0.786. The average molecular weight is 298 g/mol. The normalized spacial score (nSPS) is 15.4. The standard InChI is InChI=1S/C14H24ClN5/c1-3-4-6-9-19(2)13-16-12(15)17-14(18-13)20-10-7-5-8-11-20/h3-11H2,1-2H3. The van der Waals surface area contributed by atoms with E-state index >= 15 is 0 Å². The van der Waals surface area contributed by atoms with Crippen molar-refractivity contribution in [2.75, 3.05) is 36.5 Å². The van der Waals surface area contributed by atoms with Gasteiger partial charge in [-0.2, -0.15) is 15.0 Å². The van der Waals surface area contributed by atoms with Crippen LogP contribution in [0, 0.1) is 0 Å². The second-order valence-corrected chi connectivity index (χ2v) is 5.72. The molecule has 1 aliphatic heterocycles. The van der Waals surface area contributed by atoms with Gasteiger partial charge in [-0.25, -0.2) is 0 Å². The first-order chi connectivity index (χ1) is 9.70. The number of aromatic nitrogens is 3. The van der Waals surface area contributed by atoms with Gasteiger partial charge < -0.3 is 9.80 Å². The maximum absolute atomic E-state index is 6.06. The molecule has 1 aromatic heterocycles. The minimum Gasteiger partial charge on any atom is -0.344 e. The van der Waals surface area contributed by atoms with E-state index in [1.54, 1.807) is 0 Å². The van der Waals surface area contributed by atoms with E-state index in [1.807, 2.05) is 7.05 Å². The monoisotopic (exact) mass is 297 g/mol. The minimum absolute atomic E-state index is 0.290. The van der Waals surface area contributed by atoms with Crippen molar-refractivity contribution in [1.82, 2.24) is 15.0 Å². The molecule has 0 N–H and O–H groups in total. The van der Waals surface area contributed by atoms with Crippen LogP contribution in [-0.4, -0.2) is 41.6 Å². The topological polar surface area (TPSA) is 45.2 Å². The quantitative estimate of drug-likeness (QED) is 0.755. The zero-order chi connectivity index (χ0) is 14.4. The highest BCUT2D eigenvalue weighted by molar-refractivity contribution is 6.28. The van der Waals surface area contributed by atoms with Gasteiger partial charge in [-0.15, -0.1) is 0 Å². The molecule has 0 bridgehead atoms. The zero-order valence-corrected chi connectivity index (χ0v) is 13.2. The molecule has 112 valence electrons. The van der Waals surface area contributed by atoms with Crippen molar-refractivity contribution in [2.24, 2.45) is 0 Å². The van der Waals surface area contributed by atoms with Gasteiger partial charge in [0.15, 0.2) is 0 Å². The van der Waals surface area contributed by atoms with Gasteiger partial charge in [0.25, 0.3) is 0 Å². The first-order valence-electron chi connectivity index (χ1n) is 7.58. The molecular formula is C14H24ClN5. The third kappa shape index (κ3) is 4.20. The minimum atomic E-state index is 0.290. The van der Waals surface area contributed by atoms with Gasteiger partial charge in [-0.05, 0) is 37.3 Å². The third-order valence-corrected chi connectivity index (χ3v) is 3.83.